The number of hydrogen-bond acceptors (Lipinski definition) is 3. The van der Waals surface area contributed by atoms with Crippen molar-refractivity contribution < 1.29 is 9.31 Å². The third kappa shape index (κ3) is 3.68. The highest BCUT2D eigenvalue weighted by atomic mass is 35.5. The Hall–Kier alpha value is -2.14. The van der Waals surface area contributed by atoms with Gasteiger partial charge in [-0.05, 0) is 24.6 Å². The number of benzene rings is 2. The molecule has 0 saturated heterocycles. The van der Waals surface area contributed by atoms with E-state index in [1.807, 2.05) is 0 Å². The Morgan fingerprint density at radius 3 is 2.70 bits per heavy atom. The van der Waals surface area contributed by atoms with Gasteiger partial charge >= 0.3 is 0 Å². The maximum absolute atomic E-state index is 13.1. The normalized spacial score (nSPS) is 10.3. The zero-order chi connectivity index (χ0) is 14.5. The number of rotatable bonds is 5. The van der Waals surface area contributed by atoms with Gasteiger partial charge in [-0.25, -0.2) is 4.39 Å². The van der Waals surface area contributed by atoms with Crippen LogP contribution in [-0.2, 0) is 6.42 Å². The lowest BCUT2D eigenvalue weighted by Crippen LogP contribution is -2.06. The summed E-state index contributed by atoms with van der Waals surface area (Å²) < 4.78 is 13.1. The summed E-state index contributed by atoms with van der Waals surface area (Å²) in [6.07, 6.45) is 0.464. The maximum atomic E-state index is 13.1. The third-order valence-electron chi connectivity index (χ3n) is 2.77. The van der Waals surface area contributed by atoms with Gasteiger partial charge < -0.3 is 5.32 Å². The Morgan fingerprint density at radius 2 is 2.00 bits per heavy atom. The van der Waals surface area contributed by atoms with Gasteiger partial charge in [0.2, 0.25) is 0 Å². The highest BCUT2D eigenvalue weighted by Crippen LogP contribution is 2.20. The van der Waals surface area contributed by atoms with Crippen LogP contribution in [0.2, 0.25) is 5.02 Å². The predicted molar refractivity (Wildman–Crippen MR) is 76.7 cm³/mol. The minimum Gasteiger partial charge on any atom is -0.385 e. The quantitative estimate of drug-likeness (QED) is 0.669. The van der Waals surface area contributed by atoms with Crippen LogP contribution in [0, 0.1) is 15.9 Å². The molecule has 104 valence electrons. The number of anilines is 1. The molecule has 0 atom stereocenters. The van der Waals surface area contributed by atoms with E-state index in [0.717, 1.165) is 0 Å². The molecule has 0 bridgehead atoms. The van der Waals surface area contributed by atoms with E-state index in [0.29, 0.717) is 29.2 Å². The van der Waals surface area contributed by atoms with Crippen molar-refractivity contribution >= 4 is 23.0 Å². The van der Waals surface area contributed by atoms with Crippen LogP contribution in [0.25, 0.3) is 0 Å². The molecular formula is C14H12ClFN2O2. The first kappa shape index (κ1) is 14.3. The molecule has 2 aromatic rings. The topological polar surface area (TPSA) is 55.2 Å². The first-order valence-corrected chi connectivity index (χ1v) is 6.36. The van der Waals surface area contributed by atoms with Crippen LogP contribution >= 0.6 is 11.6 Å². The Labute approximate surface area is 120 Å². The zero-order valence-corrected chi connectivity index (χ0v) is 11.2. The van der Waals surface area contributed by atoms with Crippen LogP contribution in [-0.4, -0.2) is 11.5 Å². The largest absolute Gasteiger partial charge is 0.385 e. The van der Waals surface area contributed by atoms with E-state index in [2.05, 4.69) is 5.32 Å². The Balaban J connectivity index is 2.01. The van der Waals surface area contributed by atoms with Crippen LogP contribution in [0.4, 0.5) is 15.8 Å². The average Bonchev–Trinajstić information content (AvgIpc) is 2.38. The monoisotopic (exact) mass is 294 g/mol. The number of nitrogens with zero attached hydrogens (tertiary/aromatic N) is 1. The SMILES string of the molecule is O=[N+]([O-])c1ccccc1CCNc1cc(F)cc(Cl)c1. The van der Waals surface area contributed by atoms with Crippen LogP contribution in [0.1, 0.15) is 5.56 Å². The van der Waals surface area contributed by atoms with Gasteiger partial charge in [0.1, 0.15) is 5.82 Å². The van der Waals surface area contributed by atoms with Gasteiger partial charge in [0.05, 0.1) is 4.92 Å². The number of para-hydroxylation sites is 1. The first-order valence-electron chi connectivity index (χ1n) is 5.98. The summed E-state index contributed by atoms with van der Waals surface area (Å²) in [7, 11) is 0. The number of nitrogens with one attached hydrogen (secondary N) is 1. The Bertz CT molecular complexity index is 614. The molecule has 1 N–H and O–H groups in total. The second-order valence-corrected chi connectivity index (χ2v) is 4.66. The van der Waals surface area contributed by atoms with Crippen molar-refractivity contribution in [3.8, 4) is 0 Å². The summed E-state index contributed by atoms with van der Waals surface area (Å²) in [5.41, 5.74) is 1.27. The van der Waals surface area contributed by atoms with Gasteiger partial charge in [0.25, 0.3) is 5.69 Å². The Morgan fingerprint density at radius 1 is 1.25 bits per heavy atom. The van der Waals surface area contributed by atoms with Crippen molar-refractivity contribution in [2.75, 3.05) is 11.9 Å². The second kappa shape index (κ2) is 6.34. The summed E-state index contributed by atoms with van der Waals surface area (Å²) in [5, 5.41) is 14.2. The van der Waals surface area contributed by atoms with E-state index >= 15 is 0 Å². The van der Waals surface area contributed by atoms with Gasteiger partial charge in [0, 0.05) is 28.9 Å². The fraction of sp³-hybridized carbons (Fsp3) is 0.143. The molecule has 0 aliphatic heterocycles. The minimum absolute atomic E-state index is 0.0894. The van der Waals surface area contributed by atoms with Crippen molar-refractivity contribution in [2.24, 2.45) is 0 Å². The lowest BCUT2D eigenvalue weighted by molar-refractivity contribution is -0.385. The van der Waals surface area contributed by atoms with Gasteiger partial charge in [-0.3, -0.25) is 10.1 Å². The number of nitro benzene ring substituents is 1. The van der Waals surface area contributed by atoms with Crippen LogP contribution in [0.3, 0.4) is 0 Å². The van der Waals surface area contributed by atoms with Gasteiger partial charge in [-0.15, -0.1) is 0 Å². The molecule has 0 spiro atoms. The molecule has 0 aliphatic carbocycles. The van der Waals surface area contributed by atoms with Gasteiger partial charge in [-0.2, -0.15) is 0 Å². The molecule has 6 heteroatoms. The van der Waals surface area contributed by atoms with E-state index in [9.17, 15) is 14.5 Å². The average molecular weight is 295 g/mol. The van der Waals surface area contributed by atoms with Crippen molar-refractivity contribution in [3.05, 3.63) is 69.0 Å². The van der Waals surface area contributed by atoms with Crippen molar-refractivity contribution in [3.63, 3.8) is 0 Å². The minimum atomic E-state index is -0.425. The van der Waals surface area contributed by atoms with Crippen molar-refractivity contribution in [2.45, 2.75) is 6.42 Å². The molecule has 0 aromatic heterocycles. The van der Waals surface area contributed by atoms with Crippen LogP contribution < -0.4 is 5.32 Å². The van der Waals surface area contributed by atoms with Gasteiger partial charge in [-0.1, -0.05) is 29.8 Å². The number of halogens is 2. The molecule has 4 nitrogen and oxygen atoms in total. The predicted octanol–water partition coefficient (Wildman–Crippen LogP) is 4.04. The lowest BCUT2D eigenvalue weighted by atomic mass is 10.1. The molecule has 0 heterocycles. The van der Waals surface area contributed by atoms with E-state index in [1.54, 1.807) is 24.3 Å². The molecule has 2 rings (SSSR count). The molecule has 0 radical (unpaired) electrons. The molecule has 0 unspecified atom stereocenters. The molecule has 0 aliphatic rings. The fourth-order valence-electron chi connectivity index (χ4n) is 1.90. The summed E-state index contributed by atoms with van der Waals surface area (Å²) >= 11 is 5.74. The molecule has 0 saturated carbocycles. The second-order valence-electron chi connectivity index (χ2n) is 4.22. The van der Waals surface area contributed by atoms with Gasteiger partial charge in [0.15, 0.2) is 0 Å². The highest BCUT2D eigenvalue weighted by Gasteiger charge is 2.11. The number of hydrogen-bond donors (Lipinski definition) is 1. The molecule has 0 fully saturated rings. The van der Waals surface area contributed by atoms with Crippen LogP contribution in [0.5, 0.6) is 0 Å². The smallest absolute Gasteiger partial charge is 0.272 e. The standard InChI is InChI=1S/C14H12ClFN2O2/c15-11-7-12(16)9-13(8-11)17-6-5-10-3-1-2-4-14(10)18(19)20/h1-4,7-9,17H,5-6H2. The summed E-state index contributed by atoms with van der Waals surface area (Å²) in [6, 6.07) is 10.7. The van der Waals surface area contributed by atoms with Crippen LogP contribution in [0.15, 0.2) is 42.5 Å². The lowest BCUT2D eigenvalue weighted by Gasteiger charge is -2.07. The maximum Gasteiger partial charge on any atom is 0.272 e. The van der Waals surface area contributed by atoms with E-state index < -0.39 is 10.7 Å². The third-order valence-corrected chi connectivity index (χ3v) is 2.99. The fourth-order valence-corrected chi connectivity index (χ4v) is 2.12. The number of nitro groups is 1. The van der Waals surface area contributed by atoms with E-state index in [-0.39, 0.29) is 5.69 Å². The molecule has 2 aromatic carbocycles. The summed E-state index contributed by atoms with van der Waals surface area (Å²) in [5.74, 6) is -0.425. The highest BCUT2D eigenvalue weighted by molar-refractivity contribution is 6.30. The van der Waals surface area contributed by atoms with Crippen molar-refractivity contribution in [1.29, 1.82) is 0 Å². The molecular weight excluding hydrogens is 283 g/mol. The Kier molecular flexibility index (Phi) is 4.53. The molecule has 20 heavy (non-hydrogen) atoms. The summed E-state index contributed by atoms with van der Waals surface area (Å²) in [4.78, 5) is 10.5. The zero-order valence-electron chi connectivity index (χ0n) is 10.5. The summed E-state index contributed by atoms with van der Waals surface area (Å²) in [6.45, 7) is 0.449. The van der Waals surface area contributed by atoms with Crippen molar-refractivity contribution in [1.82, 2.24) is 0 Å². The first-order chi connectivity index (χ1) is 9.56. The van der Waals surface area contributed by atoms with E-state index in [4.69, 9.17) is 11.6 Å². The molecule has 0 amide bonds. The van der Waals surface area contributed by atoms with E-state index in [1.165, 1.54) is 18.2 Å².